The molecule has 3 unspecified atom stereocenters. The van der Waals surface area contributed by atoms with Crippen molar-refractivity contribution in [3.8, 4) is 0 Å². The number of nitrogens with one attached hydrogen (secondary N) is 1. The average Bonchev–Trinajstić information content (AvgIpc) is 2.76. The Morgan fingerprint density at radius 1 is 1.14 bits per heavy atom. The maximum Gasteiger partial charge on any atom is 0.0325 e. The summed E-state index contributed by atoms with van der Waals surface area (Å²) in [5, 5.41) is 3.75. The quantitative estimate of drug-likeness (QED) is 0.878. The summed E-state index contributed by atoms with van der Waals surface area (Å²) in [6.45, 7) is 8.01. The van der Waals surface area contributed by atoms with Gasteiger partial charge in [-0.2, -0.15) is 0 Å². The summed E-state index contributed by atoms with van der Waals surface area (Å²) < 4.78 is 0. The third kappa shape index (κ3) is 3.17. The van der Waals surface area contributed by atoms with E-state index in [0.717, 1.165) is 18.1 Å². The number of piperidine rings is 1. The first kappa shape index (κ1) is 15.1. The molecule has 2 fully saturated rings. The molecule has 116 valence electrons. The standard InChI is InChI=1S/C19H30N2/c1-4-11-20-17-12-18-9-10-19(13-17)21(18)15(3)16-7-5-14(2)6-8-16/h5-8,15,17-20H,4,9-13H2,1-3H3. The molecule has 2 bridgehead atoms. The van der Waals surface area contributed by atoms with E-state index in [4.69, 9.17) is 0 Å². The van der Waals surface area contributed by atoms with E-state index in [1.165, 1.54) is 49.8 Å². The van der Waals surface area contributed by atoms with Crippen LogP contribution in [-0.4, -0.2) is 29.6 Å². The van der Waals surface area contributed by atoms with E-state index in [1.807, 2.05) is 0 Å². The summed E-state index contributed by atoms with van der Waals surface area (Å²) in [6.07, 6.45) is 6.71. The number of hydrogen-bond donors (Lipinski definition) is 1. The summed E-state index contributed by atoms with van der Waals surface area (Å²) in [5.41, 5.74) is 2.84. The summed E-state index contributed by atoms with van der Waals surface area (Å²) in [5.74, 6) is 0. The molecule has 2 heterocycles. The van der Waals surface area contributed by atoms with Crippen LogP contribution in [0.3, 0.4) is 0 Å². The summed E-state index contributed by atoms with van der Waals surface area (Å²) in [4.78, 5) is 2.81. The zero-order valence-corrected chi connectivity index (χ0v) is 13.8. The molecule has 0 aromatic heterocycles. The molecule has 1 N–H and O–H groups in total. The fourth-order valence-electron chi connectivity index (χ4n) is 4.38. The van der Waals surface area contributed by atoms with Crippen molar-refractivity contribution in [3.63, 3.8) is 0 Å². The Morgan fingerprint density at radius 3 is 2.33 bits per heavy atom. The minimum atomic E-state index is 0.565. The van der Waals surface area contributed by atoms with Crippen molar-refractivity contribution >= 4 is 0 Å². The van der Waals surface area contributed by atoms with E-state index in [9.17, 15) is 0 Å². The van der Waals surface area contributed by atoms with Gasteiger partial charge in [-0.1, -0.05) is 36.8 Å². The highest BCUT2D eigenvalue weighted by Crippen LogP contribution is 2.41. The van der Waals surface area contributed by atoms with Crippen LogP contribution >= 0.6 is 0 Å². The highest BCUT2D eigenvalue weighted by atomic mass is 15.3. The normalized spacial score (nSPS) is 30.5. The van der Waals surface area contributed by atoms with Crippen LogP contribution in [0.15, 0.2) is 24.3 Å². The first-order chi connectivity index (χ1) is 10.2. The second-order valence-corrected chi connectivity index (χ2v) is 7.04. The van der Waals surface area contributed by atoms with Crippen molar-refractivity contribution in [2.75, 3.05) is 6.54 Å². The number of rotatable bonds is 5. The molecule has 3 atom stereocenters. The van der Waals surface area contributed by atoms with E-state index in [0.29, 0.717) is 6.04 Å². The molecule has 1 aromatic carbocycles. The van der Waals surface area contributed by atoms with E-state index in [2.05, 4.69) is 55.3 Å². The highest BCUT2D eigenvalue weighted by Gasteiger charge is 2.42. The summed E-state index contributed by atoms with van der Waals surface area (Å²) in [6, 6.07) is 12.0. The van der Waals surface area contributed by atoms with Crippen molar-refractivity contribution in [2.45, 2.75) is 77.0 Å². The Labute approximate surface area is 129 Å². The first-order valence-electron chi connectivity index (χ1n) is 8.76. The zero-order valence-electron chi connectivity index (χ0n) is 13.8. The van der Waals surface area contributed by atoms with Crippen molar-refractivity contribution < 1.29 is 0 Å². The number of nitrogens with zero attached hydrogens (tertiary/aromatic N) is 1. The van der Waals surface area contributed by atoms with Gasteiger partial charge in [0.15, 0.2) is 0 Å². The molecule has 21 heavy (non-hydrogen) atoms. The van der Waals surface area contributed by atoms with Crippen LogP contribution in [0.4, 0.5) is 0 Å². The van der Waals surface area contributed by atoms with Crippen molar-refractivity contribution in [1.29, 1.82) is 0 Å². The van der Waals surface area contributed by atoms with Gasteiger partial charge in [0.1, 0.15) is 0 Å². The predicted octanol–water partition coefficient (Wildman–Crippen LogP) is 4.05. The van der Waals surface area contributed by atoms with Crippen LogP contribution in [0.1, 0.15) is 63.1 Å². The topological polar surface area (TPSA) is 15.3 Å². The average molecular weight is 286 g/mol. The van der Waals surface area contributed by atoms with E-state index in [-0.39, 0.29) is 0 Å². The van der Waals surface area contributed by atoms with Gasteiger partial charge >= 0.3 is 0 Å². The number of hydrogen-bond acceptors (Lipinski definition) is 2. The molecule has 0 spiro atoms. The van der Waals surface area contributed by atoms with Gasteiger partial charge in [0.25, 0.3) is 0 Å². The lowest BCUT2D eigenvalue weighted by Gasteiger charge is -2.43. The van der Waals surface area contributed by atoms with Crippen molar-refractivity contribution in [2.24, 2.45) is 0 Å². The van der Waals surface area contributed by atoms with Gasteiger partial charge in [-0.05, 0) is 58.1 Å². The minimum Gasteiger partial charge on any atom is -0.314 e. The fourth-order valence-corrected chi connectivity index (χ4v) is 4.38. The fraction of sp³-hybridized carbons (Fsp3) is 0.684. The van der Waals surface area contributed by atoms with E-state index in [1.54, 1.807) is 0 Å². The SMILES string of the molecule is CCCNC1CC2CCC(C1)N2C(C)c1ccc(C)cc1. The van der Waals surface area contributed by atoms with Crippen LogP contribution < -0.4 is 5.32 Å². The lowest BCUT2D eigenvalue weighted by Crippen LogP contribution is -2.49. The largest absolute Gasteiger partial charge is 0.314 e. The smallest absolute Gasteiger partial charge is 0.0325 e. The zero-order chi connectivity index (χ0) is 14.8. The molecular weight excluding hydrogens is 256 g/mol. The van der Waals surface area contributed by atoms with Gasteiger partial charge in [-0.3, -0.25) is 4.90 Å². The Morgan fingerprint density at radius 2 is 1.76 bits per heavy atom. The Hall–Kier alpha value is -0.860. The molecule has 2 heteroatoms. The molecule has 3 rings (SSSR count). The second-order valence-electron chi connectivity index (χ2n) is 7.04. The molecule has 2 aliphatic heterocycles. The third-order valence-electron chi connectivity index (χ3n) is 5.48. The van der Waals surface area contributed by atoms with Gasteiger partial charge in [0.05, 0.1) is 0 Å². The van der Waals surface area contributed by atoms with Gasteiger partial charge in [0.2, 0.25) is 0 Å². The Balaban J connectivity index is 1.68. The molecule has 0 aliphatic carbocycles. The Kier molecular flexibility index (Phi) is 4.66. The van der Waals surface area contributed by atoms with Crippen LogP contribution in [0.2, 0.25) is 0 Å². The first-order valence-corrected chi connectivity index (χ1v) is 8.76. The molecule has 0 radical (unpaired) electrons. The van der Waals surface area contributed by atoms with Crippen LogP contribution in [0.5, 0.6) is 0 Å². The van der Waals surface area contributed by atoms with Gasteiger partial charge in [-0.15, -0.1) is 0 Å². The van der Waals surface area contributed by atoms with Gasteiger partial charge in [0, 0.05) is 24.2 Å². The van der Waals surface area contributed by atoms with Crippen LogP contribution in [0.25, 0.3) is 0 Å². The summed E-state index contributed by atoms with van der Waals surface area (Å²) >= 11 is 0. The van der Waals surface area contributed by atoms with E-state index < -0.39 is 0 Å². The van der Waals surface area contributed by atoms with E-state index >= 15 is 0 Å². The monoisotopic (exact) mass is 286 g/mol. The van der Waals surface area contributed by atoms with Gasteiger partial charge in [-0.25, -0.2) is 0 Å². The van der Waals surface area contributed by atoms with Crippen LogP contribution in [-0.2, 0) is 0 Å². The molecule has 2 aliphatic rings. The number of benzene rings is 1. The number of fused-ring (bicyclic) bond motifs is 2. The maximum absolute atomic E-state index is 3.75. The molecule has 2 saturated heterocycles. The predicted molar refractivity (Wildman–Crippen MR) is 89.6 cm³/mol. The minimum absolute atomic E-state index is 0.565. The van der Waals surface area contributed by atoms with Crippen LogP contribution in [0, 0.1) is 6.92 Å². The lowest BCUT2D eigenvalue weighted by molar-refractivity contribution is 0.0771. The van der Waals surface area contributed by atoms with Crippen molar-refractivity contribution in [3.05, 3.63) is 35.4 Å². The molecular formula is C19H30N2. The molecule has 0 amide bonds. The lowest BCUT2D eigenvalue weighted by atomic mass is 9.93. The third-order valence-corrected chi connectivity index (χ3v) is 5.48. The second kappa shape index (κ2) is 6.50. The van der Waals surface area contributed by atoms with Gasteiger partial charge < -0.3 is 5.32 Å². The summed E-state index contributed by atoms with van der Waals surface area (Å²) in [7, 11) is 0. The Bertz CT molecular complexity index is 439. The number of aryl methyl sites for hydroxylation is 1. The highest BCUT2D eigenvalue weighted by molar-refractivity contribution is 5.24. The molecule has 2 nitrogen and oxygen atoms in total. The molecule has 1 aromatic rings. The van der Waals surface area contributed by atoms with Crippen molar-refractivity contribution in [1.82, 2.24) is 10.2 Å². The maximum atomic E-state index is 3.75. The molecule has 0 saturated carbocycles.